The number of para-hydroxylation sites is 1. The van der Waals surface area contributed by atoms with E-state index in [2.05, 4.69) is 42.5 Å². The smallest absolute Gasteiger partial charge is 0.350 e. The van der Waals surface area contributed by atoms with Gasteiger partial charge in [-0.1, -0.05) is 89.6 Å². The van der Waals surface area contributed by atoms with Gasteiger partial charge in [-0.2, -0.15) is 4.68 Å². The molecule has 0 aliphatic carbocycles. The molecule has 348 valence electrons. The number of rotatable bonds is 18. The minimum atomic E-state index is -4.10. The van der Waals surface area contributed by atoms with Crippen molar-refractivity contribution in [2.75, 3.05) is 57.0 Å². The zero-order valence-corrected chi connectivity index (χ0v) is 40.1. The highest BCUT2D eigenvalue weighted by molar-refractivity contribution is 7.51. The van der Waals surface area contributed by atoms with Gasteiger partial charge in [-0.3, -0.25) is 28.8 Å². The number of anilines is 1. The molecule has 22 heteroatoms. The fourth-order valence-corrected chi connectivity index (χ4v) is 7.13. The van der Waals surface area contributed by atoms with Crippen molar-refractivity contribution in [3.05, 3.63) is 93.1 Å². The number of carboxylic acids is 1. The van der Waals surface area contributed by atoms with Crippen LogP contribution in [0.4, 0.5) is 5.69 Å². The third-order valence-corrected chi connectivity index (χ3v) is 10.3. The summed E-state index contributed by atoms with van der Waals surface area (Å²) in [7, 11) is -2.46. The maximum Gasteiger partial charge on any atom is 0.350 e. The van der Waals surface area contributed by atoms with E-state index in [1.807, 2.05) is 26.0 Å². The first-order valence-corrected chi connectivity index (χ1v) is 23.1. The highest BCUT2D eigenvalue weighted by atomic mass is 35.5. The Kier molecular flexibility index (Phi) is 26.8. The molecule has 2 amide bonds. The van der Waals surface area contributed by atoms with Crippen LogP contribution in [0.5, 0.6) is 5.75 Å². The Morgan fingerprint density at radius 1 is 1.13 bits per heavy atom. The molecule has 0 spiro atoms. The second kappa shape index (κ2) is 29.6. The standard InChI is InChI=1S/C15H13Cl2N3O2.C15H22ClNO2.C8H11Cl2NO.C3H8NO5P/c1-2-7-22-13-9-12(10(16)8-11(13)17)20-15(21)19-6-4-3-5-14(19)18-20;1-5-13-8-6-7-11(2)15(13)17(14(18)9-16)12(3)10-19-4;1-3-5-11(6-4-2)8(12)7(9)10;5-3(6)1-4-2-10(7,8)9/h1,8-9H,3-7H2;6-8,12H,5,9-10H2,1-4H3;3-4,7H,1-2,5-6H2;4H,1-2H2,(H,5,6)(H2,7,8,9). The number of fused-ring (bicyclic) bond motifs is 1. The predicted molar refractivity (Wildman–Crippen MR) is 250 cm³/mol. The summed E-state index contributed by atoms with van der Waals surface area (Å²) in [6, 6.07) is 9.15. The lowest BCUT2D eigenvalue weighted by molar-refractivity contribution is -0.136. The van der Waals surface area contributed by atoms with Gasteiger partial charge in [0.25, 0.3) is 5.91 Å². The Hall–Kier alpha value is -3.85. The van der Waals surface area contributed by atoms with Crippen LogP contribution in [0.25, 0.3) is 5.69 Å². The van der Waals surface area contributed by atoms with Crippen LogP contribution < -0.4 is 20.6 Å². The number of aromatic nitrogens is 3. The average Bonchev–Trinajstić information content (AvgIpc) is 3.56. The third kappa shape index (κ3) is 19.4. The van der Waals surface area contributed by atoms with Crippen LogP contribution in [-0.2, 0) is 43.1 Å². The number of aryl methyl sites for hydroxylation is 3. The van der Waals surface area contributed by atoms with E-state index >= 15 is 0 Å². The molecular formula is C41H54Cl5N6O10P. The van der Waals surface area contributed by atoms with Gasteiger partial charge in [0.2, 0.25) is 5.91 Å². The van der Waals surface area contributed by atoms with Crippen LogP contribution in [0.1, 0.15) is 43.6 Å². The number of benzene rings is 2. The number of nitrogens with zero attached hydrogens (tertiary/aromatic N) is 5. The minimum Gasteiger partial charge on any atom is -0.480 e. The fraction of sp³-hybridized carbons (Fsp3) is 0.439. The number of carbonyl (C=O) groups is 3. The van der Waals surface area contributed by atoms with Gasteiger partial charge in [-0.25, -0.2) is 4.79 Å². The number of carbonyl (C=O) groups excluding carboxylic acids is 2. The predicted octanol–water partition coefficient (Wildman–Crippen LogP) is 6.64. The van der Waals surface area contributed by atoms with Crippen molar-refractivity contribution in [3.63, 3.8) is 0 Å². The summed E-state index contributed by atoms with van der Waals surface area (Å²) in [5.41, 5.74) is 3.44. The van der Waals surface area contributed by atoms with Crippen molar-refractivity contribution in [1.82, 2.24) is 24.6 Å². The quantitative estimate of drug-likeness (QED) is 0.0458. The molecule has 1 atom stereocenters. The number of hydrogen-bond acceptors (Lipinski definition) is 9. The largest absolute Gasteiger partial charge is 0.480 e. The molecule has 1 aliphatic heterocycles. The summed E-state index contributed by atoms with van der Waals surface area (Å²) in [6.45, 7) is 14.8. The van der Waals surface area contributed by atoms with Crippen LogP contribution in [0.15, 0.2) is 60.4 Å². The molecule has 16 nitrogen and oxygen atoms in total. The number of nitrogens with one attached hydrogen (secondary N) is 1. The summed E-state index contributed by atoms with van der Waals surface area (Å²) in [5.74, 6) is 1.93. The van der Waals surface area contributed by atoms with Crippen molar-refractivity contribution >= 4 is 89.1 Å². The Labute approximate surface area is 392 Å². The fourth-order valence-electron chi connectivity index (χ4n) is 5.80. The summed E-state index contributed by atoms with van der Waals surface area (Å²) in [5, 5.41) is 15.1. The SMILES string of the molecule is C#CCOc1cc(-n2nc3n(c2=O)CCCC3)c(Cl)cc1Cl.C=CCN(CC=C)C(=O)C(Cl)Cl.CCc1cccc(C)c1N(C(=O)CCl)C(C)COC.O=C(O)CNCP(=O)(O)O. The van der Waals surface area contributed by atoms with Crippen molar-refractivity contribution in [1.29, 1.82) is 0 Å². The number of terminal acetylenes is 1. The van der Waals surface area contributed by atoms with Crippen LogP contribution in [0, 0.1) is 19.3 Å². The van der Waals surface area contributed by atoms with Gasteiger partial charge in [0.05, 0.1) is 46.9 Å². The lowest BCUT2D eigenvalue weighted by atomic mass is 10.0. The van der Waals surface area contributed by atoms with Crippen LogP contribution in [0.2, 0.25) is 10.0 Å². The minimum absolute atomic E-state index is 0.0223. The molecule has 0 saturated heterocycles. The molecule has 1 aromatic heterocycles. The molecule has 63 heavy (non-hydrogen) atoms. The maximum absolute atomic E-state index is 12.5. The molecule has 3 aromatic rings. The van der Waals surface area contributed by atoms with Gasteiger partial charge in [0, 0.05) is 39.2 Å². The Balaban J connectivity index is 0.000000442. The number of halogens is 5. The number of hydrogen-bond donors (Lipinski definition) is 4. The normalized spacial score (nSPS) is 12.0. The molecule has 4 N–H and O–H groups in total. The van der Waals surface area contributed by atoms with E-state index in [4.69, 9.17) is 88.8 Å². The van der Waals surface area contributed by atoms with Crippen LogP contribution in [0.3, 0.4) is 0 Å². The van der Waals surface area contributed by atoms with Crippen molar-refractivity contribution in [2.24, 2.45) is 0 Å². The lowest BCUT2D eigenvalue weighted by Crippen LogP contribution is -2.43. The highest BCUT2D eigenvalue weighted by Crippen LogP contribution is 2.33. The van der Waals surface area contributed by atoms with E-state index in [9.17, 15) is 23.7 Å². The first-order valence-electron chi connectivity index (χ1n) is 19.2. The monoisotopic (exact) mass is 996 g/mol. The van der Waals surface area contributed by atoms with Gasteiger partial charge >= 0.3 is 19.3 Å². The maximum atomic E-state index is 12.5. The van der Waals surface area contributed by atoms with E-state index in [1.165, 1.54) is 15.6 Å². The molecule has 0 fully saturated rings. The molecule has 0 bridgehead atoms. The van der Waals surface area contributed by atoms with Crippen molar-refractivity contribution < 1.29 is 43.3 Å². The van der Waals surface area contributed by atoms with E-state index in [0.717, 1.165) is 48.3 Å². The van der Waals surface area contributed by atoms with Gasteiger partial charge in [0.15, 0.2) is 4.84 Å². The van der Waals surface area contributed by atoms with E-state index < -0.39 is 31.2 Å². The topological polar surface area (TPSA) is 206 Å². The highest BCUT2D eigenvalue weighted by Gasteiger charge is 2.25. The van der Waals surface area contributed by atoms with Crippen LogP contribution in [-0.4, -0.2) is 115 Å². The number of methoxy groups -OCH3 is 1. The second-order valence-electron chi connectivity index (χ2n) is 13.3. The second-order valence-corrected chi connectivity index (χ2v) is 17.2. The zero-order chi connectivity index (χ0) is 47.9. The molecule has 4 rings (SSSR count). The Bertz CT molecular complexity index is 2130. The molecule has 1 aliphatic rings. The third-order valence-electron chi connectivity index (χ3n) is 8.48. The lowest BCUT2D eigenvalue weighted by Gasteiger charge is -2.31. The zero-order valence-electron chi connectivity index (χ0n) is 35.4. The van der Waals surface area contributed by atoms with Gasteiger partial charge in [-0.15, -0.1) is 36.3 Å². The average molecular weight is 999 g/mol. The number of amides is 2. The van der Waals surface area contributed by atoms with E-state index in [-0.39, 0.29) is 36.0 Å². The van der Waals surface area contributed by atoms with Crippen molar-refractivity contribution in [3.8, 4) is 23.8 Å². The molecule has 1 unspecified atom stereocenters. The number of ether oxygens (including phenoxy) is 2. The molecule has 0 radical (unpaired) electrons. The summed E-state index contributed by atoms with van der Waals surface area (Å²) in [6.07, 6.45) is 11.5. The number of aliphatic carboxylic acids is 1. The summed E-state index contributed by atoms with van der Waals surface area (Å²) < 4.78 is 23.6. The number of alkyl halides is 3. The first kappa shape index (κ1) is 57.2. The Morgan fingerprint density at radius 3 is 2.29 bits per heavy atom. The van der Waals surface area contributed by atoms with E-state index in [1.54, 1.807) is 34.8 Å². The molecular weight excluding hydrogens is 945 g/mol. The van der Waals surface area contributed by atoms with Crippen molar-refractivity contribution in [2.45, 2.75) is 63.9 Å². The summed E-state index contributed by atoms with van der Waals surface area (Å²) >= 11 is 28.8. The Morgan fingerprint density at radius 2 is 1.78 bits per heavy atom. The van der Waals surface area contributed by atoms with E-state index in [0.29, 0.717) is 47.7 Å². The van der Waals surface area contributed by atoms with Gasteiger partial charge in [-0.05, 0) is 50.3 Å². The molecule has 2 aromatic carbocycles. The first-order chi connectivity index (χ1) is 29.7. The molecule has 0 saturated carbocycles. The molecule has 2 heterocycles. The number of carboxylic acid groups (broad SMARTS) is 1. The van der Waals surface area contributed by atoms with Crippen LogP contribution >= 0.6 is 65.6 Å². The van der Waals surface area contributed by atoms with Gasteiger partial charge < -0.3 is 34.2 Å². The summed E-state index contributed by atoms with van der Waals surface area (Å²) in [4.78, 5) is 64.2. The van der Waals surface area contributed by atoms with Gasteiger partial charge in [0.1, 0.15) is 24.1 Å².